The number of benzene rings is 2. The Labute approximate surface area is 116 Å². The lowest BCUT2D eigenvalue weighted by atomic mass is 10.1. The van der Waals surface area contributed by atoms with Crippen LogP contribution in [-0.2, 0) is 0 Å². The van der Waals surface area contributed by atoms with Crippen molar-refractivity contribution in [2.24, 2.45) is 0 Å². The largest absolute Gasteiger partial charge is 0.234 e. The highest BCUT2D eigenvalue weighted by molar-refractivity contribution is 9.10. The molecule has 0 unspecified atom stereocenters. The van der Waals surface area contributed by atoms with Crippen molar-refractivity contribution >= 4 is 49.8 Å². The Balaban J connectivity index is 2.16. The molecule has 0 radical (unpaired) electrons. The second kappa shape index (κ2) is 4.37. The molecule has 2 nitrogen and oxygen atoms in total. The average molecular weight is 326 g/mol. The van der Waals surface area contributed by atoms with E-state index in [4.69, 9.17) is 11.6 Å². The van der Waals surface area contributed by atoms with E-state index in [0.29, 0.717) is 5.28 Å². The number of halogens is 2. The third-order valence-corrected chi connectivity index (χ3v) is 3.98. The molecule has 0 bridgehead atoms. The number of fused-ring (bicyclic) bond motifs is 1. The fraction of sp³-hybridized carbons (Fsp3) is 0. The molecular weight excluding hydrogens is 320 g/mol. The lowest BCUT2D eigenvalue weighted by molar-refractivity contribution is 1.33. The molecule has 2 aromatic carbocycles. The summed E-state index contributed by atoms with van der Waals surface area (Å²) in [5, 5.41) is 3.52. The van der Waals surface area contributed by atoms with Gasteiger partial charge in [-0.15, -0.1) is 0 Å². The van der Waals surface area contributed by atoms with Crippen molar-refractivity contribution in [2.45, 2.75) is 0 Å². The third-order valence-electron chi connectivity index (χ3n) is 2.45. The van der Waals surface area contributed by atoms with E-state index in [1.807, 2.05) is 12.1 Å². The minimum atomic E-state index is 0.306. The predicted molar refractivity (Wildman–Crippen MR) is 75.6 cm³/mol. The molecule has 5 heteroatoms. The minimum absolute atomic E-state index is 0.306. The van der Waals surface area contributed by atoms with Crippen molar-refractivity contribution in [3.05, 3.63) is 46.2 Å². The van der Waals surface area contributed by atoms with Crippen LogP contribution >= 0.6 is 39.1 Å². The topological polar surface area (TPSA) is 25.8 Å². The maximum absolute atomic E-state index is 5.73. The summed E-state index contributed by atoms with van der Waals surface area (Å²) in [6.07, 6.45) is 0. The molecule has 84 valence electrons. The zero-order valence-corrected chi connectivity index (χ0v) is 11.7. The molecule has 0 amide bonds. The van der Waals surface area contributed by atoms with Crippen LogP contribution in [0.1, 0.15) is 0 Å². The van der Waals surface area contributed by atoms with Gasteiger partial charge in [-0.25, -0.2) is 4.98 Å². The molecule has 0 saturated carbocycles. The van der Waals surface area contributed by atoms with Gasteiger partial charge in [0.2, 0.25) is 5.28 Å². The van der Waals surface area contributed by atoms with Gasteiger partial charge in [0.15, 0.2) is 0 Å². The number of hydrogen-bond acceptors (Lipinski definition) is 3. The summed E-state index contributed by atoms with van der Waals surface area (Å²) in [4.78, 5) is 4.17. The van der Waals surface area contributed by atoms with Crippen molar-refractivity contribution in [3.8, 4) is 10.6 Å². The van der Waals surface area contributed by atoms with Crippen LogP contribution in [0.25, 0.3) is 21.3 Å². The van der Waals surface area contributed by atoms with E-state index in [1.54, 1.807) is 0 Å². The summed E-state index contributed by atoms with van der Waals surface area (Å²) in [6, 6.07) is 12.4. The van der Waals surface area contributed by atoms with Crippen molar-refractivity contribution in [2.75, 3.05) is 0 Å². The summed E-state index contributed by atoms with van der Waals surface area (Å²) < 4.78 is 5.06. The Bertz CT molecular complexity index is 696. The van der Waals surface area contributed by atoms with Crippen LogP contribution in [0, 0.1) is 0 Å². The van der Waals surface area contributed by atoms with Gasteiger partial charge in [-0.1, -0.05) is 34.1 Å². The lowest BCUT2D eigenvalue weighted by Gasteiger charge is -2.01. The molecule has 17 heavy (non-hydrogen) atoms. The van der Waals surface area contributed by atoms with Gasteiger partial charge in [-0.2, -0.15) is 4.37 Å². The molecule has 0 aliphatic rings. The molecule has 1 aromatic heterocycles. The Morgan fingerprint density at radius 1 is 1.06 bits per heavy atom. The summed E-state index contributed by atoms with van der Waals surface area (Å²) in [6.45, 7) is 0. The Kier molecular flexibility index (Phi) is 2.86. The minimum Gasteiger partial charge on any atom is -0.205 e. The fourth-order valence-electron chi connectivity index (χ4n) is 1.67. The zero-order valence-electron chi connectivity index (χ0n) is 8.52. The Hall–Kier alpha value is -0.970. The first-order chi connectivity index (χ1) is 8.22. The molecule has 0 fully saturated rings. The van der Waals surface area contributed by atoms with Crippen LogP contribution in [-0.4, -0.2) is 9.36 Å². The first kappa shape index (κ1) is 11.1. The summed E-state index contributed by atoms with van der Waals surface area (Å²) in [5.74, 6) is 0. The summed E-state index contributed by atoms with van der Waals surface area (Å²) in [5.41, 5.74) is 1.05. The van der Waals surface area contributed by atoms with Crippen LogP contribution in [0.5, 0.6) is 0 Å². The van der Waals surface area contributed by atoms with E-state index in [9.17, 15) is 0 Å². The van der Waals surface area contributed by atoms with Crippen molar-refractivity contribution in [3.63, 3.8) is 0 Å². The van der Waals surface area contributed by atoms with Crippen molar-refractivity contribution in [1.82, 2.24) is 9.36 Å². The highest BCUT2D eigenvalue weighted by Crippen LogP contribution is 2.28. The van der Waals surface area contributed by atoms with Crippen LogP contribution in [0.3, 0.4) is 0 Å². The van der Waals surface area contributed by atoms with Gasteiger partial charge in [0.05, 0.1) is 0 Å². The maximum atomic E-state index is 5.73. The molecule has 3 rings (SSSR count). The molecule has 3 aromatic rings. The van der Waals surface area contributed by atoms with E-state index in [-0.39, 0.29) is 0 Å². The quantitative estimate of drug-likeness (QED) is 0.644. The van der Waals surface area contributed by atoms with Gasteiger partial charge < -0.3 is 0 Å². The van der Waals surface area contributed by atoms with Crippen molar-refractivity contribution < 1.29 is 0 Å². The van der Waals surface area contributed by atoms with Crippen LogP contribution in [0.4, 0.5) is 0 Å². The summed E-state index contributed by atoms with van der Waals surface area (Å²) in [7, 11) is 0. The second-order valence-corrected chi connectivity index (χ2v) is 5.58. The van der Waals surface area contributed by atoms with E-state index in [1.165, 1.54) is 22.3 Å². The van der Waals surface area contributed by atoms with Gasteiger partial charge in [0.1, 0.15) is 5.01 Å². The van der Waals surface area contributed by atoms with E-state index in [0.717, 1.165) is 15.0 Å². The predicted octanol–water partition coefficient (Wildman–Crippen LogP) is 4.77. The van der Waals surface area contributed by atoms with Crippen LogP contribution < -0.4 is 0 Å². The average Bonchev–Trinajstić information content (AvgIpc) is 2.75. The monoisotopic (exact) mass is 324 g/mol. The summed E-state index contributed by atoms with van der Waals surface area (Å²) >= 11 is 10.5. The zero-order chi connectivity index (χ0) is 11.8. The van der Waals surface area contributed by atoms with Gasteiger partial charge in [0.25, 0.3) is 0 Å². The molecule has 0 spiro atoms. The molecule has 0 saturated heterocycles. The third kappa shape index (κ3) is 2.20. The first-order valence-corrected chi connectivity index (χ1v) is 6.86. The standard InChI is InChI=1S/C12H6BrClN2S/c13-10-4-3-7-5-9(2-1-8(7)6-10)11-15-12(14)16-17-11/h1-6H. The molecule has 0 atom stereocenters. The van der Waals surface area contributed by atoms with Crippen LogP contribution in [0.15, 0.2) is 40.9 Å². The smallest absolute Gasteiger partial charge is 0.205 e. The van der Waals surface area contributed by atoms with Crippen molar-refractivity contribution in [1.29, 1.82) is 0 Å². The number of aromatic nitrogens is 2. The highest BCUT2D eigenvalue weighted by Gasteiger charge is 2.05. The Morgan fingerprint density at radius 2 is 1.82 bits per heavy atom. The van der Waals surface area contributed by atoms with Gasteiger partial charge >= 0.3 is 0 Å². The molecular formula is C12H6BrClN2S. The van der Waals surface area contributed by atoms with Gasteiger partial charge in [-0.3, -0.25) is 0 Å². The van der Waals surface area contributed by atoms with E-state index < -0.39 is 0 Å². The molecule has 0 aliphatic heterocycles. The highest BCUT2D eigenvalue weighted by atomic mass is 79.9. The maximum Gasteiger partial charge on any atom is 0.234 e. The second-order valence-electron chi connectivity index (χ2n) is 3.57. The normalized spacial score (nSPS) is 10.9. The molecule has 0 aliphatic carbocycles. The number of hydrogen-bond donors (Lipinski definition) is 0. The SMILES string of the molecule is Clc1nsc(-c2ccc3cc(Br)ccc3c2)n1. The van der Waals surface area contributed by atoms with Gasteiger partial charge in [0, 0.05) is 10.0 Å². The molecule has 1 heterocycles. The lowest BCUT2D eigenvalue weighted by Crippen LogP contribution is -1.78. The first-order valence-electron chi connectivity index (χ1n) is 4.91. The number of rotatable bonds is 1. The number of nitrogens with zero attached hydrogens (tertiary/aromatic N) is 2. The van der Waals surface area contributed by atoms with Crippen LogP contribution in [0.2, 0.25) is 5.28 Å². The van der Waals surface area contributed by atoms with E-state index >= 15 is 0 Å². The Morgan fingerprint density at radius 3 is 2.59 bits per heavy atom. The van der Waals surface area contributed by atoms with Gasteiger partial charge in [-0.05, 0) is 52.1 Å². The fourth-order valence-corrected chi connectivity index (χ4v) is 2.85. The molecule has 0 N–H and O–H groups in total. The van der Waals surface area contributed by atoms with E-state index in [2.05, 4.69) is 49.6 Å².